The van der Waals surface area contributed by atoms with Crippen LogP contribution in [0.1, 0.15) is 34.1 Å². The topological polar surface area (TPSA) is 40.5 Å². The summed E-state index contributed by atoms with van der Waals surface area (Å²) in [6.45, 7) is 10.4. The van der Waals surface area contributed by atoms with Crippen molar-refractivity contribution in [3.05, 3.63) is 24.5 Å². The summed E-state index contributed by atoms with van der Waals surface area (Å²) in [5.74, 6) is 0.414. The Bertz CT molecular complexity index is 136. The Labute approximate surface area is 75.2 Å². The lowest BCUT2D eigenvalue weighted by atomic mass is 10.1. The van der Waals surface area contributed by atoms with E-state index in [2.05, 4.69) is 6.58 Å². The standard InChI is InChI=1S/2C5H10O/c1-4-5(2,3)6;1-3-4-5(2)6/h4,6H,1H2,2-3H3;4,6H,3H2,1-2H3. The Morgan fingerprint density at radius 3 is 1.83 bits per heavy atom. The van der Waals surface area contributed by atoms with E-state index < -0.39 is 5.60 Å². The highest BCUT2D eigenvalue weighted by atomic mass is 16.3. The van der Waals surface area contributed by atoms with E-state index in [0.717, 1.165) is 6.42 Å². The second kappa shape index (κ2) is 6.92. The van der Waals surface area contributed by atoms with Crippen LogP contribution in [0.4, 0.5) is 0 Å². The molecule has 0 spiro atoms. The van der Waals surface area contributed by atoms with Gasteiger partial charge in [0, 0.05) is 0 Å². The Morgan fingerprint density at radius 2 is 1.83 bits per heavy atom. The summed E-state index contributed by atoms with van der Waals surface area (Å²) < 4.78 is 0. The van der Waals surface area contributed by atoms with E-state index in [1.807, 2.05) is 6.92 Å². The molecule has 2 nitrogen and oxygen atoms in total. The van der Waals surface area contributed by atoms with Crippen molar-refractivity contribution in [2.45, 2.75) is 39.7 Å². The quantitative estimate of drug-likeness (QED) is 0.496. The molecular formula is C10H20O2. The average Bonchev–Trinajstić information content (AvgIpc) is 1.87. The fourth-order valence-corrected chi connectivity index (χ4v) is 0.295. The monoisotopic (exact) mass is 172 g/mol. The molecule has 0 fully saturated rings. The van der Waals surface area contributed by atoms with Gasteiger partial charge in [0.2, 0.25) is 0 Å². The lowest BCUT2D eigenvalue weighted by Crippen LogP contribution is -2.12. The van der Waals surface area contributed by atoms with Crippen molar-refractivity contribution >= 4 is 0 Å². The van der Waals surface area contributed by atoms with E-state index in [4.69, 9.17) is 10.2 Å². The molecule has 0 saturated carbocycles. The zero-order chi connectivity index (χ0) is 10.2. The van der Waals surface area contributed by atoms with Crippen LogP contribution >= 0.6 is 0 Å². The van der Waals surface area contributed by atoms with E-state index in [0.29, 0.717) is 5.76 Å². The van der Waals surface area contributed by atoms with Gasteiger partial charge < -0.3 is 10.2 Å². The number of aliphatic hydroxyl groups excluding tert-OH is 1. The molecule has 0 aliphatic carbocycles. The molecule has 0 rings (SSSR count). The molecule has 0 aromatic rings. The van der Waals surface area contributed by atoms with Gasteiger partial charge >= 0.3 is 0 Å². The van der Waals surface area contributed by atoms with Crippen molar-refractivity contribution < 1.29 is 10.2 Å². The van der Waals surface area contributed by atoms with Crippen molar-refractivity contribution in [2.24, 2.45) is 0 Å². The maximum absolute atomic E-state index is 8.71. The van der Waals surface area contributed by atoms with Gasteiger partial charge in [-0.05, 0) is 33.3 Å². The lowest BCUT2D eigenvalue weighted by molar-refractivity contribution is 0.133. The van der Waals surface area contributed by atoms with Gasteiger partial charge in [-0.2, -0.15) is 0 Å². The Hall–Kier alpha value is -0.760. The summed E-state index contributed by atoms with van der Waals surface area (Å²) in [6, 6.07) is 0. The van der Waals surface area contributed by atoms with Crippen LogP contribution in [-0.2, 0) is 0 Å². The summed E-state index contributed by atoms with van der Waals surface area (Å²) in [7, 11) is 0. The molecule has 2 heteroatoms. The normalized spacial score (nSPS) is 11.6. The van der Waals surface area contributed by atoms with Crippen LogP contribution in [0.5, 0.6) is 0 Å². The molecule has 72 valence electrons. The lowest BCUT2D eigenvalue weighted by Gasteiger charge is -2.07. The van der Waals surface area contributed by atoms with Crippen molar-refractivity contribution in [1.82, 2.24) is 0 Å². The van der Waals surface area contributed by atoms with Crippen LogP contribution in [-0.4, -0.2) is 15.8 Å². The van der Waals surface area contributed by atoms with E-state index in [1.54, 1.807) is 26.8 Å². The molecule has 12 heavy (non-hydrogen) atoms. The smallest absolute Gasteiger partial charge is 0.0851 e. The second-order valence-corrected chi connectivity index (χ2v) is 3.11. The molecule has 0 bridgehead atoms. The van der Waals surface area contributed by atoms with Crippen molar-refractivity contribution in [1.29, 1.82) is 0 Å². The van der Waals surface area contributed by atoms with Gasteiger partial charge in [-0.1, -0.05) is 13.0 Å². The minimum absolute atomic E-state index is 0.414. The van der Waals surface area contributed by atoms with Gasteiger partial charge in [0.15, 0.2) is 0 Å². The predicted octanol–water partition coefficient (Wildman–Crippen LogP) is 2.80. The summed E-state index contributed by atoms with van der Waals surface area (Å²) in [5.41, 5.74) is -0.694. The zero-order valence-corrected chi connectivity index (χ0v) is 8.46. The number of hydrogen-bond donors (Lipinski definition) is 2. The molecule has 0 atom stereocenters. The van der Waals surface area contributed by atoms with Gasteiger partial charge in [-0.3, -0.25) is 0 Å². The summed E-state index contributed by atoms with van der Waals surface area (Å²) in [5, 5.41) is 17.1. The van der Waals surface area contributed by atoms with Gasteiger partial charge in [0.25, 0.3) is 0 Å². The van der Waals surface area contributed by atoms with Crippen LogP contribution in [0.25, 0.3) is 0 Å². The van der Waals surface area contributed by atoms with Gasteiger partial charge in [0.1, 0.15) is 0 Å². The fourth-order valence-electron chi connectivity index (χ4n) is 0.295. The van der Waals surface area contributed by atoms with Crippen LogP contribution in [0.15, 0.2) is 24.5 Å². The Kier molecular flexibility index (Phi) is 7.96. The number of allylic oxidation sites excluding steroid dienone is 2. The molecule has 0 aliphatic rings. The van der Waals surface area contributed by atoms with Gasteiger partial charge in [-0.25, -0.2) is 0 Å². The third-order valence-electron chi connectivity index (χ3n) is 0.999. The maximum Gasteiger partial charge on any atom is 0.0851 e. The molecule has 2 N–H and O–H groups in total. The molecular weight excluding hydrogens is 152 g/mol. The summed E-state index contributed by atoms with van der Waals surface area (Å²) in [6.07, 6.45) is 4.18. The van der Waals surface area contributed by atoms with E-state index in [-0.39, 0.29) is 0 Å². The van der Waals surface area contributed by atoms with Crippen molar-refractivity contribution in [3.63, 3.8) is 0 Å². The third kappa shape index (κ3) is 22.8. The predicted molar refractivity (Wildman–Crippen MR) is 53.2 cm³/mol. The Balaban J connectivity index is 0. The van der Waals surface area contributed by atoms with Gasteiger partial charge in [-0.15, -0.1) is 6.58 Å². The minimum Gasteiger partial charge on any atom is -0.513 e. The molecule has 0 saturated heterocycles. The van der Waals surface area contributed by atoms with Crippen molar-refractivity contribution in [2.75, 3.05) is 0 Å². The van der Waals surface area contributed by atoms with Crippen LogP contribution in [0.2, 0.25) is 0 Å². The highest BCUT2D eigenvalue weighted by Crippen LogP contribution is 1.98. The molecule has 0 amide bonds. The first-order valence-electron chi connectivity index (χ1n) is 4.05. The van der Waals surface area contributed by atoms with Crippen LogP contribution in [0.3, 0.4) is 0 Å². The van der Waals surface area contributed by atoms with Crippen LogP contribution in [0, 0.1) is 0 Å². The molecule has 0 unspecified atom stereocenters. The highest BCUT2D eigenvalue weighted by molar-refractivity contribution is 4.86. The zero-order valence-electron chi connectivity index (χ0n) is 8.46. The number of aliphatic hydroxyl groups is 2. The Morgan fingerprint density at radius 1 is 1.50 bits per heavy atom. The van der Waals surface area contributed by atoms with E-state index in [1.165, 1.54) is 6.08 Å². The first-order chi connectivity index (χ1) is 5.33. The third-order valence-corrected chi connectivity index (χ3v) is 0.999. The number of rotatable bonds is 2. The molecule has 0 aliphatic heterocycles. The van der Waals surface area contributed by atoms with Crippen LogP contribution < -0.4 is 0 Å². The molecule has 0 aromatic carbocycles. The number of hydrogen-bond acceptors (Lipinski definition) is 2. The average molecular weight is 172 g/mol. The van der Waals surface area contributed by atoms with E-state index >= 15 is 0 Å². The molecule has 0 radical (unpaired) electrons. The first-order valence-corrected chi connectivity index (χ1v) is 4.05. The first kappa shape index (κ1) is 13.8. The largest absolute Gasteiger partial charge is 0.513 e. The van der Waals surface area contributed by atoms with Crippen molar-refractivity contribution in [3.8, 4) is 0 Å². The SMILES string of the molecule is C=CC(C)(C)O.CCC=C(C)O. The van der Waals surface area contributed by atoms with E-state index in [9.17, 15) is 0 Å². The maximum atomic E-state index is 8.71. The molecule has 0 aromatic heterocycles. The van der Waals surface area contributed by atoms with Gasteiger partial charge in [0.05, 0.1) is 11.4 Å². The second-order valence-electron chi connectivity index (χ2n) is 3.11. The minimum atomic E-state index is -0.694. The highest BCUT2D eigenvalue weighted by Gasteiger charge is 2.02. The summed E-state index contributed by atoms with van der Waals surface area (Å²) >= 11 is 0. The summed E-state index contributed by atoms with van der Waals surface area (Å²) in [4.78, 5) is 0. The molecule has 0 heterocycles. The fraction of sp³-hybridized carbons (Fsp3) is 0.600.